The largest absolute Gasteiger partial charge is 0.504 e. The van der Waals surface area contributed by atoms with Crippen LogP contribution in [0.15, 0.2) is 36.4 Å². The highest BCUT2D eigenvalue weighted by atomic mass is 16.7. The minimum absolute atomic E-state index is 0.131. The van der Waals surface area contributed by atoms with Gasteiger partial charge in [-0.05, 0) is 35.9 Å². The summed E-state index contributed by atoms with van der Waals surface area (Å²) in [4.78, 5) is 23.6. The minimum Gasteiger partial charge on any atom is -0.504 e. The lowest BCUT2D eigenvalue weighted by Crippen LogP contribution is -2.60. The van der Waals surface area contributed by atoms with E-state index < -0.39 is 66.3 Å². The van der Waals surface area contributed by atoms with Gasteiger partial charge in [-0.25, -0.2) is 0 Å². The van der Waals surface area contributed by atoms with Gasteiger partial charge < -0.3 is 49.6 Å². The fourth-order valence-corrected chi connectivity index (χ4v) is 3.40. The maximum absolute atomic E-state index is 12.5. The topological polar surface area (TPSA) is 192 Å². The van der Waals surface area contributed by atoms with Gasteiger partial charge in [0.1, 0.15) is 31.0 Å². The quantitative estimate of drug-likeness (QED) is 0.126. The maximum Gasteiger partial charge on any atom is 0.302 e. The lowest BCUT2D eigenvalue weighted by molar-refractivity contribution is -0.278. The summed E-state index contributed by atoms with van der Waals surface area (Å²) in [6, 6.07) is 6.74. The molecule has 5 atom stereocenters. The van der Waals surface area contributed by atoms with E-state index in [2.05, 4.69) is 0 Å². The van der Waals surface area contributed by atoms with Crippen LogP contribution in [-0.2, 0) is 14.3 Å². The average molecular weight is 506 g/mol. The molecule has 0 spiro atoms. The highest BCUT2D eigenvalue weighted by Gasteiger charge is 2.45. The molecule has 1 heterocycles. The first-order valence-electron chi connectivity index (χ1n) is 10.7. The van der Waals surface area contributed by atoms with Crippen molar-refractivity contribution >= 4 is 17.8 Å². The fourth-order valence-electron chi connectivity index (χ4n) is 3.40. The third-order valence-corrected chi connectivity index (χ3v) is 5.37. The van der Waals surface area contributed by atoms with E-state index >= 15 is 0 Å². The van der Waals surface area contributed by atoms with Crippen molar-refractivity contribution < 1.29 is 59.2 Å². The van der Waals surface area contributed by atoms with Gasteiger partial charge in [-0.1, -0.05) is 12.1 Å². The van der Waals surface area contributed by atoms with Gasteiger partial charge in [0.25, 0.3) is 0 Å². The van der Waals surface area contributed by atoms with Gasteiger partial charge in [-0.15, -0.1) is 0 Å². The molecule has 0 radical (unpaired) electrons. The third kappa shape index (κ3) is 5.86. The molecule has 12 nitrogen and oxygen atoms in total. The van der Waals surface area contributed by atoms with Crippen LogP contribution in [0, 0.1) is 0 Å². The molecule has 1 fully saturated rings. The van der Waals surface area contributed by atoms with Crippen molar-refractivity contribution in [3.8, 4) is 28.7 Å². The van der Waals surface area contributed by atoms with Gasteiger partial charge in [-0.3, -0.25) is 9.59 Å². The molecule has 0 aromatic heterocycles. The highest BCUT2D eigenvalue weighted by molar-refractivity contribution is 6.09. The predicted octanol–water partition coefficient (Wildman–Crippen LogP) is 0.458. The molecule has 2 aromatic carbocycles. The van der Waals surface area contributed by atoms with Crippen LogP contribution in [0.4, 0.5) is 0 Å². The van der Waals surface area contributed by atoms with E-state index in [0.29, 0.717) is 5.56 Å². The number of methoxy groups -OCH3 is 1. The number of hydrogen-bond acceptors (Lipinski definition) is 12. The van der Waals surface area contributed by atoms with E-state index in [-0.39, 0.29) is 17.1 Å². The number of aromatic hydroxyl groups is 3. The van der Waals surface area contributed by atoms with Crippen molar-refractivity contribution in [3.05, 3.63) is 47.5 Å². The average Bonchev–Trinajstić information content (AvgIpc) is 2.84. The first-order chi connectivity index (χ1) is 17.0. The van der Waals surface area contributed by atoms with Crippen molar-refractivity contribution in [2.24, 2.45) is 0 Å². The fraction of sp³-hybridized carbons (Fsp3) is 0.333. The van der Waals surface area contributed by atoms with Crippen molar-refractivity contribution in [2.45, 2.75) is 37.6 Å². The van der Waals surface area contributed by atoms with Gasteiger partial charge in [0.15, 0.2) is 28.8 Å². The normalized spacial score (nSPS) is 23.9. The van der Waals surface area contributed by atoms with Crippen molar-refractivity contribution in [3.63, 3.8) is 0 Å². The summed E-state index contributed by atoms with van der Waals surface area (Å²) in [5.41, 5.74) is 0.194. The zero-order valence-corrected chi connectivity index (χ0v) is 19.3. The molecule has 0 bridgehead atoms. The molecular weight excluding hydrogens is 480 g/mol. The third-order valence-electron chi connectivity index (χ3n) is 5.37. The lowest BCUT2D eigenvalue weighted by Gasteiger charge is -2.39. The molecule has 1 saturated heterocycles. The molecule has 194 valence electrons. The Morgan fingerprint density at radius 1 is 0.972 bits per heavy atom. The van der Waals surface area contributed by atoms with Gasteiger partial charge in [0, 0.05) is 6.92 Å². The molecule has 2 aromatic rings. The van der Waals surface area contributed by atoms with Gasteiger partial charge in [0.2, 0.25) is 12.0 Å². The number of allylic oxidation sites excluding steroid dienone is 1. The molecule has 0 amide bonds. The molecule has 3 rings (SSSR count). The first kappa shape index (κ1) is 26.8. The molecule has 0 unspecified atom stereocenters. The van der Waals surface area contributed by atoms with Crippen molar-refractivity contribution in [1.29, 1.82) is 0 Å². The summed E-state index contributed by atoms with van der Waals surface area (Å²) in [5.74, 6) is -3.28. The Balaban J connectivity index is 1.75. The molecule has 1 aliphatic heterocycles. The zero-order chi connectivity index (χ0) is 26.6. The van der Waals surface area contributed by atoms with Gasteiger partial charge >= 0.3 is 5.97 Å². The summed E-state index contributed by atoms with van der Waals surface area (Å²) in [5, 5.41) is 60.9. The Kier molecular flexibility index (Phi) is 8.37. The number of aliphatic hydroxyl groups is 3. The Labute approximate surface area is 205 Å². The van der Waals surface area contributed by atoms with Gasteiger partial charge in [-0.2, -0.15) is 0 Å². The minimum atomic E-state index is -1.76. The Hall–Kier alpha value is -3.84. The monoisotopic (exact) mass is 506 g/mol. The Bertz CT molecular complexity index is 1140. The number of rotatable bonds is 8. The Morgan fingerprint density at radius 2 is 1.67 bits per heavy atom. The van der Waals surface area contributed by atoms with E-state index in [1.807, 2.05) is 0 Å². The summed E-state index contributed by atoms with van der Waals surface area (Å²) < 4.78 is 20.4. The first-order valence-corrected chi connectivity index (χ1v) is 10.7. The van der Waals surface area contributed by atoms with E-state index in [1.54, 1.807) is 6.07 Å². The molecule has 0 aliphatic carbocycles. The highest BCUT2D eigenvalue weighted by Crippen LogP contribution is 2.40. The standard InChI is InChI=1S/C24H26O12/c1-11(25)34-10-18-21(30)22(31)23(32)24(36-18)35-17-8-5-13(19(28)20(17)29)14(26)6-3-12-4-7-16(33-2)15(27)9-12/h3-9,18,21-24,27-32H,10H2,1-2H3/b6-3+/t18-,21-,22+,23-,24-/m1/s1. The maximum atomic E-state index is 12.5. The number of benzene rings is 2. The number of carbonyl (C=O) groups is 2. The van der Waals surface area contributed by atoms with Crippen LogP contribution in [0.1, 0.15) is 22.8 Å². The van der Waals surface area contributed by atoms with Crippen LogP contribution in [0.5, 0.6) is 28.7 Å². The van der Waals surface area contributed by atoms with E-state index in [0.717, 1.165) is 25.1 Å². The van der Waals surface area contributed by atoms with E-state index in [4.69, 9.17) is 18.9 Å². The number of aliphatic hydroxyl groups excluding tert-OH is 3. The van der Waals surface area contributed by atoms with Crippen LogP contribution in [0.3, 0.4) is 0 Å². The summed E-state index contributed by atoms with van der Waals surface area (Å²) in [6.45, 7) is 0.692. The number of phenols is 3. The molecule has 12 heteroatoms. The zero-order valence-electron chi connectivity index (χ0n) is 19.3. The Morgan fingerprint density at radius 3 is 2.31 bits per heavy atom. The summed E-state index contributed by atoms with van der Waals surface area (Å²) in [6.07, 6.45) is -5.48. The second kappa shape index (κ2) is 11.3. The number of ketones is 1. The second-order valence-corrected chi connectivity index (χ2v) is 7.87. The van der Waals surface area contributed by atoms with Crippen LogP contribution in [0.25, 0.3) is 6.08 Å². The molecule has 0 saturated carbocycles. The molecule has 6 N–H and O–H groups in total. The molecule has 36 heavy (non-hydrogen) atoms. The second-order valence-electron chi connectivity index (χ2n) is 7.87. The molecular formula is C24H26O12. The summed E-state index contributed by atoms with van der Waals surface area (Å²) >= 11 is 0. The number of hydrogen-bond donors (Lipinski definition) is 6. The smallest absolute Gasteiger partial charge is 0.302 e. The summed E-state index contributed by atoms with van der Waals surface area (Å²) in [7, 11) is 1.39. The van der Waals surface area contributed by atoms with Crippen LogP contribution in [0.2, 0.25) is 0 Å². The number of carbonyl (C=O) groups excluding carboxylic acids is 2. The van der Waals surface area contributed by atoms with Crippen LogP contribution >= 0.6 is 0 Å². The van der Waals surface area contributed by atoms with Crippen molar-refractivity contribution in [1.82, 2.24) is 0 Å². The SMILES string of the molecule is COc1ccc(/C=C/C(=O)c2ccc(O[C@@H]3O[C@H](COC(C)=O)[C@@H](O)[C@H](O)[C@H]3O)c(O)c2O)cc1O. The van der Waals surface area contributed by atoms with Crippen LogP contribution < -0.4 is 9.47 Å². The lowest BCUT2D eigenvalue weighted by atomic mass is 9.99. The van der Waals surface area contributed by atoms with Crippen molar-refractivity contribution in [2.75, 3.05) is 13.7 Å². The van der Waals surface area contributed by atoms with Gasteiger partial charge in [0.05, 0.1) is 12.7 Å². The predicted molar refractivity (Wildman–Crippen MR) is 122 cm³/mol. The number of esters is 1. The number of ether oxygens (including phenoxy) is 4. The van der Waals surface area contributed by atoms with E-state index in [1.165, 1.54) is 25.3 Å². The molecule has 1 aliphatic rings. The van der Waals surface area contributed by atoms with Crippen LogP contribution in [-0.4, -0.2) is 86.8 Å². The number of phenolic OH excluding ortho intramolecular Hbond substituents is 3. The van der Waals surface area contributed by atoms with E-state index in [9.17, 15) is 40.2 Å².